The summed E-state index contributed by atoms with van der Waals surface area (Å²) in [7, 11) is 0. The van der Waals surface area contributed by atoms with E-state index in [1.165, 1.54) is 44.4 Å². The fraction of sp³-hybridized carbons (Fsp3) is 0.824. The number of likely N-dealkylation sites (N-methyl/N-ethyl adjacent to an activating group) is 1. The van der Waals surface area contributed by atoms with E-state index in [1.54, 1.807) is 0 Å². The quantitative estimate of drug-likeness (QED) is 0.456. The van der Waals surface area contributed by atoms with E-state index in [0.29, 0.717) is 0 Å². The normalized spacial score (nSPS) is 22.6. The van der Waals surface area contributed by atoms with Crippen molar-refractivity contribution in [2.24, 2.45) is 4.99 Å². The summed E-state index contributed by atoms with van der Waals surface area (Å²) in [6.45, 7) is 8.49. The molecule has 0 bridgehead atoms. The van der Waals surface area contributed by atoms with Crippen LogP contribution in [0.2, 0.25) is 0 Å². The minimum atomic E-state index is 0.248. The minimum absolute atomic E-state index is 0.248. The van der Waals surface area contributed by atoms with Crippen LogP contribution in [0.5, 0.6) is 0 Å². The molecule has 0 aliphatic carbocycles. The lowest BCUT2D eigenvalue weighted by molar-refractivity contribution is -0.832. The van der Waals surface area contributed by atoms with E-state index >= 15 is 0 Å². The highest BCUT2D eigenvalue weighted by molar-refractivity contribution is 5.88. The summed E-state index contributed by atoms with van der Waals surface area (Å²) in [6.07, 6.45) is 13.8. The fourth-order valence-electron chi connectivity index (χ4n) is 2.96. The summed E-state index contributed by atoms with van der Waals surface area (Å²) < 4.78 is 0.865. The van der Waals surface area contributed by atoms with E-state index < -0.39 is 0 Å². The fourth-order valence-corrected chi connectivity index (χ4v) is 2.96. The van der Waals surface area contributed by atoms with Crippen molar-refractivity contribution in [2.75, 3.05) is 32.8 Å². The maximum atomic E-state index is 9.26. The van der Waals surface area contributed by atoms with Gasteiger partial charge >= 0.3 is 0 Å². The van der Waals surface area contributed by atoms with Crippen molar-refractivity contribution < 1.29 is 9.59 Å². The van der Waals surface area contributed by atoms with Crippen molar-refractivity contribution in [1.82, 2.24) is 0 Å². The van der Waals surface area contributed by atoms with E-state index in [9.17, 15) is 5.11 Å². The second-order valence-electron chi connectivity index (χ2n) is 5.83. The molecule has 20 heavy (non-hydrogen) atoms. The summed E-state index contributed by atoms with van der Waals surface area (Å²) in [5, 5.41) is 9.26. The zero-order chi connectivity index (χ0) is 14.7. The van der Waals surface area contributed by atoms with Crippen molar-refractivity contribution in [1.29, 1.82) is 0 Å². The predicted molar refractivity (Wildman–Crippen MR) is 87.1 cm³/mol. The summed E-state index contributed by atoms with van der Waals surface area (Å²) in [4.78, 5) is 4.63. The molecule has 3 nitrogen and oxygen atoms in total. The lowest BCUT2D eigenvalue weighted by atomic mass is 10.1. The molecule has 0 saturated heterocycles. The number of amidine groups is 1. The van der Waals surface area contributed by atoms with Crippen LogP contribution in [0.3, 0.4) is 0 Å². The van der Waals surface area contributed by atoms with Gasteiger partial charge in [0.1, 0.15) is 13.1 Å². The molecule has 0 radical (unpaired) electrons. The first-order valence-electron chi connectivity index (χ1n) is 8.47. The number of hydrogen-bond acceptors (Lipinski definition) is 2. The predicted octanol–water partition coefficient (Wildman–Crippen LogP) is 3.53. The molecule has 0 spiro atoms. The molecular weight excluding hydrogens is 248 g/mol. The highest BCUT2D eigenvalue weighted by Gasteiger charge is 2.34. The molecule has 1 aliphatic rings. The SMILES string of the molecule is CCCCCCCC/C=C/C1=NCC[N+]1(CC)CCO. The number of hydrogen-bond donors (Lipinski definition) is 1. The van der Waals surface area contributed by atoms with Crippen LogP contribution in [-0.4, -0.2) is 48.2 Å². The third-order valence-corrected chi connectivity index (χ3v) is 4.41. The van der Waals surface area contributed by atoms with Crippen molar-refractivity contribution in [3.63, 3.8) is 0 Å². The van der Waals surface area contributed by atoms with Gasteiger partial charge in [-0.25, -0.2) is 4.99 Å². The topological polar surface area (TPSA) is 32.6 Å². The highest BCUT2D eigenvalue weighted by atomic mass is 16.3. The van der Waals surface area contributed by atoms with Crippen LogP contribution < -0.4 is 0 Å². The average Bonchev–Trinajstić information content (AvgIpc) is 2.86. The van der Waals surface area contributed by atoms with Gasteiger partial charge in [-0.1, -0.05) is 45.1 Å². The first-order valence-corrected chi connectivity index (χ1v) is 8.47. The maximum absolute atomic E-state index is 9.26. The van der Waals surface area contributed by atoms with Crippen LogP contribution in [0.25, 0.3) is 0 Å². The zero-order valence-corrected chi connectivity index (χ0v) is 13.5. The Kier molecular flexibility index (Phi) is 8.79. The van der Waals surface area contributed by atoms with Gasteiger partial charge in [0.15, 0.2) is 0 Å². The number of aliphatic hydroxyl groups is 1. The second kappa shape index (κ2) is 10.1. The molecule has 3 heteroatoms. The van der Waals surface area contributed by atoms with Crippen molar-refractivity contribution in [2.45, 2.75) is 58.8 Å². The molecule has 0 aromatic carbocycles. The second-order valence-corrected chi connectivity index (χ2v) is 5.83. The van der Waals surface area contributed by atoms with Crippen LogP contribution in [0.15, 0.2) is 17.1 Å². The zero-order valence-electron chi connectivity index (χ0n) is 13.5. The van der Waals surface area contributed by atoms with Gasteiger partial charge < -0.3 is 5.11 Å². The van der Waals surface area contributed by atoms with Gasteiger partial charge in [-0.3, -0.25) is 4.48 Å². The van der Waals surface area contributed by atoms with E-state index in [1.807, 2.05) is 0 Å². The van der Waals surface area contributed by atoms with Gasteiger partial charge in [0.25, 0.3) is 0 Å². The van der Waals surface area contributed by atoms with Crippen LogP contribution in [0, 0.1) is 0 Å². The molecule has 0 saturated carbocycles. The Hall–Kier alpha value is -0.670. The lowest BCUT2D eigenvalue weighted by Crippen LogP contribution is -2.51. The molecule has 1 N–H and O–H groups in total. The summed E-state index contributed by atoms with van der Waals surface area (Å²) in [5.41, 5.74) is 0. The minimum Gasteiger partial charge on any atom is -0.390 e. The third-order valence-electron chi connectivity index (χ3n) is 4.41. The van der Waals surface area contributed by atoms with Crippen LogP contribution >= 0.6 is 0 Å². The average molecular weight is 281 g/mol. The number of quaternary nitrogens is 1. The molecule has 0 amide bonds. The van der Waals surface area contributed by atoms with Crippen molar-refractivity contribution >= 4 is 5.84 Å². The van der Waals surface area contributed by atoms with Crippen LogP contribution in [0.1, 0.15) is 58.8 Å². The molecule has 1 rings (SSSR count). The Balaban J connectivity index is 2.27. The molecule has 0 fully saturated rings. The summed E-state index contributed by atoms with van der Waals surface area (Å²) in [5.74, 6) is 1.17. The molecule has 1 unspecified atom stereocenters. The number of unbranched alkanes of at least 4 members (excludes halogenated alkanes) is 6. The Bertz CT molecular complexity index is 312. The number of aliphatic hydroxyl groups excluding tert-OH is 1. The Morgan fingerprint density at radius 3 is 2.60 bits per heavy atom. The Labute approximate surface area is 125 Å². The third kappa shape index (κ3) is 5.37. The molecule has 1 heterocycles. The van der Waals surface area contributed by atoms with Gasteiger partial charge in [-0.2, -0.15) is 0 Å². The van der Waals surface area contributed by atoms with Crippen molar-refractivity contribution in [3.05, 3.63) is 12.2 Å². The standard InChI is InChI=1S/C17H33N2O/c1-3-5-6-7-8-9-10-11-12-17-18-13-14-19(17,4-2)15-16-20/h11-12,20H,3-10,13-16H2,1-2H3/q+1/b12-11+. The molecule has 0 aromatic rings. The van der Waals surface area contributed by atoms with E-state index in [4.69, 9.17) is 0 Å². The van der Waals surface area contributed by atoms with Gasteiger partial charge in [0, 0.05) is 6.08 Å². The van der Waals surface area contributed by atoms with Crippen LogP contribution in [-0.2, 0) is 0 Å². The number of rotatable bonds is 11. The molecule has 1 atom stereocenters. The lowest BCUT2D eigenvalue weighted by Gasteiger charge is -2.31. The van der Waals surface area contributed by atoms with E-state index in [-0.39, 0.29) is 6.61 Å². The number of nitrogens with zero attached hydrogens (tertiary/aromatic N) is 2. The smallest absolute Gasteiger partial charge is 0.222 e. The van der Waals surface area contributed by atoms with Gasteiger partial charge in [-0.15, -0.1) is 0 Å². The monoisotopic (exact) mass is 281 g/mol. The first kappa shape index (κ1) is 17.4. The van der Waals surface area contributed by atoms with Gasteiger partial charge in [0.05, 0.1) is 19.7 Å². The van der Waals surface area contributed by atoms with Crippen molar-refractivity contribution in [3.8, 4) is 0 Å². The highest BCUT2D eigenvalue weighted by Crippen LogP contribution is 2.16. The van der Waals surface area contributed by atoms with Crippen LogP contribution in [0.4, 0.5) is 0 Å². The largest absolute Gasteiger partial charge is 0.390 e. The van der Waals surface area contributed by atoms with E-state index in [2.05, 4.69) is 31.0 Å². The molecular formula is C17H33N2O+. The van der Waals surface area contributed by atoms with Gasteiger partial charge in [0.2, 0.25) is 5.84 Å². The first-order chi connectivity index (χ1) is 9.79. The summed E-state index contributed by atoms with van der Waals surface area (Å²) in [6, 6.07) is 0. The van der Waals surface area contributed by atoms with Gasteiger partial charge in [-0.05, 0) is 19.8 Å². The number of allylic oxidation sites excluding steroid dienone is 1. The van der Waals surface area contributed by atoms with E-state index in [0.717, 1.165) is 37.1 Å². The maximum Gasteiger partial charge on any atom is 0.222 e. The molecule has 116 valence electrons. The Morgan fingerprint density at radius 1 is 1.15 bits per heavy atom. The molecule has 1 aliphatic heterocycles. The Morgan fingerprint density at radius 2 is 1.90 bits per heavy atom. The molecule has 0 aromatic heterocycles. The summed E-state index contributed by atoms with van der Waals surface area (Å²) >= 11 is 0. The number of aliphatic imine (C=N–C) groups is 1.